The standard InChI is InChI=1S/C17H23N5O2/c1-2-15-20-16(24-21-15)11-19-14-7-6-12(10-13(14)17(18)23)22-8-4-3-5-9-22/h6-7,10,19H,2-5,8-9,11H2,1H3,(H2,18,23). The minimum Gasteiger partial charge on any atom is -0.375 e. The van der Waals surface area contributed by atoms with Gasteiger partial charge in [0.25, 0.3) is 5.91 Å². The van der Waals surface area contributed by atoms with Crippen molar-refractivity contribution in [1.29, 1.82) is 0 Å². The zero-order chi connectivity index (χ0) is 16.9. The summed E-state index contributed by atoms with van der Waals surface area (Å²) in [5, 5.41) is 7.02. The molecule has 128 valence electrons. The van der Waals surface area contributed by atoms with Crippen LogP contribution in [0.25, 0.3) is 0 Å². The third kappa shape index (κ3) is 3.67. The van der Waals surface area contributed by atoms with Gasteiger partial charge < -0.3 is 20.5 Å². The molecule has 1 aliphatic rings. The second-order valence-corrected chi connectivity index (χ2v) is 5.95. The van der Waals surface area contributed by atoms with E-state index in [-0.39, 0.29) is 0 Å². The van der Waals surface area contributed by atoms with Crippen LogP contribution in [0.2, 0.25) is 0 Å². The van der Waals surface area contributed by atoms with Crippen molar-refractivity contribution in [2.75, 3.05) is 23.3 Å². The lowest BCUT2D eigenvalue weighted by Crippen LogP contribution is -2.29. The van der Waals surface area contributed by atoms with Crippen LogP contribution in [0.15, 0.2) is 22.7 Å². The third-order valence-corrected chi connectivity index (χ3v) is 4.25. The van der Waals surface area contributed by atoms with Crippen molar-refractivity contribution in [3.63, 3.8) is 0 Å². The van der Waals surface area contributed by atoms with E-state index in [4.69, 9.17) is 10.3 Å². The zero-order valence-electron chi connectivity index (χ0n) is 13.9. The van der Waals surface area contributed by atoms with Crippen molar-refractivity contribution in [2.45, 2.75) is 39.2 Å². The van der Waals surface area contributed by atoms with E-state index in [0.717, 1.165) is 25.2 Å². The van der Waals surface area contributed by atoms with Crippen LogP contribution in [0.4, 0.5) is 11.4 Å². The summed E-state index contributed by atoms with van der Waals surface area (Å²) in [7, 11) is 0. The summed E-state index contributed by atoms with van der Waals surface area (Å²) >= 11 is 0. The molecule has 0 saturated carbocycles. The molecule has 2 aromatic rings. The van der Waals surface area contributed by atoms with Gasteiger partial charge in [-0.25, -0.2) is 0 Å². The Kier molecular flexibility index (Phi) is 4.98. The number of nitrogens with two attached hydrogens (primary N) is 1. The Morgan fingerprint density at radius 2 is 2.12 bits per heavy atom. The van der Waals surface area contributed by atoms with E-state index in [1.54, 1.807) is 0 Å². The van der Waals surface area contributed by atoms with Crippen molar-refractivity contribution in [3.8, 4) is 0 Å². The molecule has 2 heterocycles. The number of anilines is 2. The molecule has 7 heteroatoms. The first kappa shape index (κ1) is 16.3. The highest BCUT2D eigenvalue weighted by Crippen LogP contribution is 2.26. The number of hydrogen-bond donors (Lipinski definition) is 2. The van der Waals surface area contributed by atoms with Crippen LogP contribution in [0.1, 0.15) is 48.3 Å². The molecule has 1 aromatic heterocycles. The van der Waals surface area contributed by atoms with E-state index < -0.39 is 5.91 Å². The van der Waals surface area contributed by atoms with Crippen LogP contribution < -0.4 is 16.0 Å². The van der Waals surface area contributed by atoms with Gasteiger partial charge in [-0.05, 0) is 37.5 Å². The largest absolute Gasteiger partial charge is 0.375 e. The van der Waals surface area contributed by atoms with Crippen molar-refractivity contribution in [3.05, 3.63) is 35.5 Å². The highest BCUT2D eigenvalue weighted by atomic mass is 16.5. The quantitative estimate of drug-likeness (QED) is 0.844. The minimum atomic E-state index is -0.448. The molecule has 1 aliphatic heterocycles. The average molecular weight is 329 g/mol. The van der Waals surface area contributed by atoms with Gasteiger partial charge in [0.2, 0.25) is 5.89 Å². The van der Waals surface area contributed by atoms with Crippen LogP contribution in [0, 0.1) is 0 Å². The highest BCUT2D eigenvalue weighted by Gasteiger charge is 2.15. The summed E-state index contributed by atoms with van der Waals surface area (Å²) in [4.78, 5) is 18.4. The third-order valence-electron chi connectivity index (χ3n) is 4.25. The first-order valence-electron chi connectivity index (χ1n) is 8.41. The lowest BCUT2D eigenvalue weighted by Gasteiger charge is -2.29. The summed E-state index contributed by atoms with van der Waals surface area (Å²) in [6, 6.07) is 5.77. The number of benzene rings is 1. The zero-order valence-corrected chi connectivity index (χ0v) is 13.9. The molecule has 0 aliphatic carbocycles. The summed E-state index contributed by atoms with van der Waals surface area (Å²) < 4.78 is 5.15. The van der Waals surface area contributed by atoms with Gasteiger partial charge in [-0.15, -0.1) is 0 Å². The Hall–Kier alpha value is -2.57. The SMILES string of the molecule is CCc1noc(CNc2ccc(N3CCCCC3)cc2C(N)=O)n1. The molecule has 0 radical (unpaired) electrons. The molecule has 0 bridgehead atoms. The van der Waals surface area contributed by atoms with E-state index in [9.17, 15) is 4.79 Å². The van der Waals surface area contributed by atoms with Gasteiger partial charge in [0.15, 0.2) is 5.82 Å². The fourth-order valence-corrected chi connectivity index (χ4v) is 2.92. The lowest BCUT2D eigenvalue weighted by atomic mass is 10.1. The Bertz CT molecular complexity index is 707. The number of aromatic nitrogens is 2. The van der Waals surface area contributed by atoms with Crippen LogP contribution in [-0.2, 0) is 13.0 Å². The molecule has 1 amide bonds. The van der Waals surface area contributed by atoms with Gasteiger partial charge >= 0.3 is 0 Å². The normalized spacial score (nSPS) is 14.6. The number of carbonyl (C=O) groups excluding carboxylic acids is 1. The summed E-state index contributed by atoms with van der Waals surface area (Å²) in [5.74, 6) is 0.709. The number of nitrogens with zero attached hydrogens (tertiary/aromatic N) is 3. The van der Waals surface area contributed by atoms with E-state index in [1.807, 2.05) is 25.1 Å². The molecule has 7 nitrogen and oxygen atoms in total. The van der Waals surface area contributed by atoms with Gasteiger partial charge in [-0.1, -0.05) is 12.1 Å². The Morgan fingerprint density at radius 3 is 2.79 bits per heavy atom. The molecule has 1 saturated heterocycles. The lowest BCUT2D eigenvalue weighted by molar-refractivity contribution is 0.100. The molecule has 1 aromatic carbocycles. The maximum absolute atomic E-state index is 11.8. The number of rotatable bonds is 6. The summed E-state index contributed by atoms with van der Waals surface area (Å²) in [5.41, 5.74) is 7.76. The molecule has 3 rings (SSSR count). The molecular formula is C17H23N5O2. The fraction of sp³-hybridized carbons (Fsp3) is 0.471. The van der Waals surface area contributed by atoms with Gasteiger partial charge in [0.1, 0.15) is 0 Å². The number of amides is 1. The highest BCUT2D eigenvalue weighted by molar-refractivity contribution is 5.99. The van der Waals surface area contributed by atoms with Crippen LogP contribution in [-0.4, -0.2) is 29.1 Å². The van der Waals surface area contributed by atoms with E-state index >= 15 is 0 Å². The molecule has 0 unspecified atom stereocenters. The first-order chi connectivity index (χ1) is 11.7. The van der Waals surface area contributed by atoms with Gasteiger partial charge in [0.05, 0.1) is 12.1 Å². The van der Waals surface area contributed by atoms with Crippen molar-refractivity contribution in [2.24, 2.45) is 5.73 Å². The number of nitrogens with one attached hydrogen (secondary N) is 1. The van der Waals surface area contributed by atoms with Crippen LogP contribution in [0.3, 0.4) is 0 Å². The average Bonchev–Trinajstić information content (AvgIpc) is 3.08. The smallest absolute Gasteiger partial charge is 0.250 e. The predicted octanol–water partition coefficient (Wildman–Crippen LogP) is 2.33. The molecular weight excluding hydrogens is 306 g/mol. The summed E-state index contributed by atoms with van der Waals surface area (Å²) in [6.07, 6.45) is 4.36. The topological polar surface area (TPSA) is 97.3 Å². The van der Waals surface area contributed by atoms with Gasteiger partial charge in [-0.2, -0.15) is 4.98 Å². The number of primary amides is 1. The number of hydrogen-bond acceptors (Lipinski definition) is 6. The van der Waals surface area contributed by atoms with E-state index in [1.165, 1.54) is 19.3 Å². The monoisotopic (exact) mass is 329 g/mol. The van der Waals surface area contributed by atoms with E-state index in [0.29, 0.717) is 29.5 Å². The molecule has 1 fully saturated rings. The Morgan fingerprint density at radius 1 is 1.33 bits per heavy atom. The molecule has 0 spiro atoms. The van der Waals surface area contributed by atoms with Crippen LogP contribution >= 0.6 is 0 Å². The van der Waals surface area contributed by atoms with E-state index in [2.05, 4.69) is 20.4 Å². The maximum atomic E-state index is 11.8. The van der Waals surface area contributed by atoms with Crippen molar-refractivity contribution >= 4 is 17.3 Å². The molecule has 24 heavy (non-hydrogen) atoms. The number of carbonyl (C=O) groups is 1. The number of aryl methyl sites for hydroxylation is 1. The van der Waals surface area contributed by atoms with Crippen molar-refractivity contribution in [1.82, 2.24) is 10.1 Å². The minimum absolute atomic E-state index is 0.357. The predicted molar refractivity (Wildman–Crippen MR) is 92.0 cm³/mol. The Labute approximate surface area is 141 Å². The maximum Gasteiger partial charge on any atom is 0.250 e. The first-order valence-corrected chi connectivity index (χ1v) is 8.41. The fourth-order valence-electron chi connectivity index (χ4n) is 2.92. The Balaban J connectivity index is 1.75. The van der Waals surface area contributed by atoms with Gasteiger partial charge in [-0.3, -0.25) is 4.79 Å². The summed E-state index contributed by atoms with van der Waals surface area (Å²) in [6.45, 7) is 4.36. The molecule has 3 N–H and O–H groups in total. The number of piperidine rings is 1. The molecule has 0 atom stereocenters. The van der Waals surface area contributed by atoms with Crippen molar-refractivity contribution < 1.29 is 9.32 Å². The van der Waals surface area contributed by atoms with Crippen LogP contribution in [0.5, 0.6) is 0 Å². The second-order valence-electron chi connectivity index (χ2n) is 5.95. The van der Waals surface area contributed by atoms with Gasteiger partial charge in [0, 0.05) is 30.9 Å². The second kappa shape index (κ2) is 7.33.